The van der Waals surface area contributed by atoms with Gasteiger partial charge in [0.1, 0.15) is 12.6 Å². The molecule has 0 saturated heterocycles. The van der Waals surface area contributed by atoms with E-state index in [9.17, 15) is 9.59 Å². The van der Waals surface area contributed by atoms with Crippen LogP contribution in [0.5, 0.6) is 0 Å². The highest BCUT2D eigenvalue weighted by Gasteiger charge is 2.08. The second-order valence-corrected chi connectivity index (χ2v) is 3.78. The molecular formula is C14H12O2. The van der Waals surface area contributed by atoms with Crippen molar-refractivity contribution in [2.45, 2.75) is 6.42 Å². The van der Waals surface area contributed by atoms with Crippen LogP contribution in [-0.2, 0) is 16.0 Å². The average molecular weight is 212 g/mol. The average Bonchev–Trinajstić information content (AvgIpc) is 2.36. The van der Waals surface area contributed by atoms with Crippen LogP contribution in [0.3, 0.4) is 0 Å². The van der Waals surface area contributed by atoms with Gasteiger partial charge in [0.15, 0.2) is 0 Å². The Morgan fingerprint density at radius 1 is 0.938 bits per heavy atom. The smallest absolute Gasteiger partial charge is 0.130 e. The third-order valence-corrected chi connectivity index (χ3v) is 2.69. The maximum absolute atomic E-state index is 10.6. The van der Waals surface area contributed by atoms with Gasteiger partial charge < -0.3 is 9.59 Å². The number of carbonyl (C=O) groups is 2. The summed E-state index contributed by atoms with van der Waals surface area (Å²) in [4.78, 5) is 21.3. The lowest BCUT2D eigenvalue weighted by atomic mass is 9.96. The molecule has 16 heavy (non-hydrogen) atoms. The van der Waals surface area contributed by atoms with E-state index in [1.165, 1.54) is 0 Å². The van der Waals surface area contributed by atoms with Crippen LogP contribution in [-0.4, -0.2) is 12.6 Å². The van der Waals surface area contributed by atoms with Crippen molar-refractivity contribution >= 4 is 23.3 Å². The number of hydrogen-bond donors (Lipinski definition) is 0. The standard InChI is InChI=1S/C14H12O2/c15-9-11(10-16)8-13-6-3-5-12-4-1-2-7-14(12)13/h1-7,9-11H,8H2. The van der Waals surface area contributed by atoms with Crippen molar-refractivity contribution in [1.29, 1.82) is 0 Å². The summed E-state index contributed by atoms with van der Waals surface area (Å²) in [5.74, 6) is -0.536. The van der Waals surface area contributed by atoms with Crippen LogP contribution in [0.2, 0.25) is 0 Å². The molecule has 0 amide bonds. The van der Waals surface area contributed by atoms with Crippen molar-refractivity contribution in [1.82, 2.24) is 0 Å². The van der Waals surface area contributed by atoms with E-state index in [0.717, 1.165) is 16.3 Å². The summed E-state index contributed by atoms with van der Waals surface area (Å²) < 4.78 is 0. The van der Waals surface area contributed by atoms with Crippen LogP contribution in [0.15, 0.2) is 42.5 Å². The number of hydrogen-bond acceptors (Lipinski definition) is 2. The number of carbonyl (C=O) groups excluding carboxylic acids is 2. The van der Waals surface area contributed by atoms with Gasteiger partial charge in [0.2, 0.25) is 0 Å². The SMILES string of the molecule is O=CC(C=O)Cc1cccc2ccccc12. The van der Waals surface area contributed by atoms with Gasteiger partial charge in [0, 0.05) is 0 Å². The summed E-state index contributed by atoms with van der Waals surface area (Å²) in [6, 6.07) is 13.9. The predicted octanol–water partition coefficient (Wildman–Crippen LogP) is 2.40. The van der Waals surface area contributed by atoms with E-state index < -0.39 is 5.92 Å². The van der Waals surface area contributed by atoms with Crippen molar-refractivity contribution in [3.05, 3.63) is 48.0 Å². The van der Waals surface area contributed by atoms with Gasteiger partial charge in [-0.1, -0.05) is 42.5 Å². The molecule has 0 bridgehead atoms. The lowest BCUT2D eigenvalue weighted by Crippen LogP contribution is -2.07. The lowest BCUT2D eigenvalue weighted by Gasteiger charge is -2.07. The second kappa shape index (κ2) is 4.71. The molecule has 0 N–H and O–H groups in total. The fraction of sp³-hybridized carbons (Fsp3) is 0.143. The topological polar surface area (TPSA) is 34.1 Å². The molecule has 0 atom stereocenters. The Morgan fingerprint density at radius 2 is 1.62 bits per heavy atom. The van der Waals surface area contributed by atoms with Crippen molar-refractivity contribution in [2.75, 3.05) is 0 Å². The molecule has 0 unspecified atom stereocenters. The molecule has 2 aromatic carbocycles. The summed E-state index contributed by atoms with van der Waals surface area (Å²) in [7, 11) is 0. The van der Waals surface area contributed by atoms with Gasteiger partial charge in [-0.3, -0.25) is 0 Å². The first-order valence-electron chi connectivity index (χ1n) is 5.22. The Kier molecular flexibility index (Phi) is 3.10. The number of rotatable bonds is 4. The van der Waals surface area contributed by atoms with Crippen LogP contribution in [0.4, 0.5) is 0 Å². The molecule has 0 aliphatic heterocycles. The Balaban J connectivity index is 2.44. The number of benzene rings is 2. The zero-order chi connectivity index (χ0) is 11.4. The van der Waals surface area contributed by atoms with Crippen LogP contribution in [0.1, 0.15) is 5.56 Å². The van der Waals surface area contributed by atoms with Gasteiger partial charge in [0.05, 0.1) is 5.92 Å². The highest BCUT2D eigenvalue weighted by molar-refractivity contribution is 5.87. The summed E-state index contributed by atoms with van der Waals surface area (Å²) in [5.41, 5.74) is 1.04. The maximum Gasteiger partial charge on any atom is 0.130 e. The van der Waals surface area contributed by atoms with Crippen molar-refractivity contribution in [2.24, 2.45) is 5.92 Å². The Hall–Kier alpha value is -1.96. The minimum Gasteiger partial charge on any atom is -0.303 e. The first-order chi connectivity index (χ1) is 7.85. The highest BCUT2D eigenvalue weighted by atomic mass is 16.1. The fourth-order valence-corrected chi connectivity index (χ4v) is 1.85. The van der Waals surface area contributed by atoms with E-state index in [4.69, 9.17) is 0 Å². The monoisotopic (exact) mass is 212 g/mol. The van der Waals surface area contributed by atoms with Crippen molar-refractivity contribution in [3.8, 4) is 0 Å². The second-order valence-electron chi connectivity index (χ2n) is 3.78. The molecule has 0 fully saturated rings. The van der Waals surface area contributed by atoms with Gasteiger partial charge in [-0.25, -0.2) is 0 Å². The van der Waals surface area contributed by atoms with Crippen LogP contribution in [0.25, 0.3) is 10.8 Å². The molecule has 2 nitrogen and oxygen atoms in total. The third-order valence-electron chi connectivity index (χ3n) is 2.69. The molecular weight excluding hydrogens is 200 g/mol. The van der Waals surface area contributed by atoms with Gasteiger partial charge >= 0.3 is 0 Å². The molecule has 0 aromatic heterocycles. The number of aldehydes is 2. The minimum absolute atomic E-state index is 0.481. The molecule has 80 valence electrons. The van der Waals surface area contributed by atoms with Crippen LogP contribution in [0, 0.1) is 5.92 Å². The summed E-state index contributed by atoms with van der Waals surface area (Å²) >= 11 is 0. The molecule has 2 rings (SSSR count). The first kappa shape index (κ1) is 10.6. The summed E-state index contributed by atoms with van der Waals surface area (Å²) in [6.45, 7) is 0. The van der Waals surface area contributed by atoms with E-state index in [2.05, 4.69) is 0 Å². The molecule has 0 aliphatic rings. The first-order valence-corrected chi connectivity index (χ1v) is 5.22. The number of fused-ring (bicyclic) bond motifs is 1. The van der Waals surface area contributed by atoms with E-state index >= 15 is 0 Å². The van der Waals surface area contributed by atoms with E-state index in [0.29, 0.717) is 19.0 Å². The fourth-order valence-electron chi connectivity index (χ4n) is 1.85. The predicted molar refractivity (Wildman–Crippen MR) is 63.3 cm³/mol. The highest BCUT2D eigenvalue weighted by Crippen LogP contribution is 2.20. The normalized spacial score (nSPS) is 10.6. The summed E-state index contributed by atoms with van der Waals surface area (Å²) in [6.07, 6.45) is 1.89. The molecule has 2 heteroatoms. The largest absolute Gasteiger partial charge is 0.303 e. The van der Waals surface area contributed by atoms with E-state index in [1.54, 1.807) is 0 Å². The third kappa shape index (κ3) is 2.01. The zero-order valence-electron chi connectivity index (χ0n) is 8.80. The minimum atomic E-state index is -0.536. The Morgan fingerprint density at radius 3 is 2.38 bits per heavy atom. The molecule has 0 spiro atoms. The van der Waals surface area contributed by atoms with Crippen LogP contribution >= 0.6 is 0 Å². The van der Waals surface area contributed by atoms with E-state index in [1.807, 2.05) is 42.5 Å². The maximum atomic E-state index is 10.6. The van der Waals surface area contributed by atoms with Crippen LogP contribution < -0.4 is 0 Å². The molecule has 0 aliphatic carbocycles. The summed E-state index contributed by atoms with van der Waals surface area (Å²) in [5, 5.41) is 2.24. The van der Waals surface area contributed by atoms with Gasteiger partial charge in [0.25, 0.3) is 0 Å². The Bertz CT molecular complexity index is 504. The lowest BCUT2D eigenvalue weighted by molar-refractivity contribution is -0.119. The molecule has 2 aromatic rings. The van der Waals surface area contributed by atoms with Crippen molar-refractivity contribution < 1.29 is 9.59 Å². The van der Waals surface area contributed by atoms with Crippen molar-refractivity contribution in [3.63, 3.8) is 0 Å². The molecule has 0 saturated carbocycles. The zero-order valence-corrected chi connectivity index (χ0v) is 8.80. The van der Waals surface area contributed by atoms with E-state index in [-0.39, 0.29) is 0 Å². The van der Waals surface area contributed by atoms with Gasteiger partial charge in [-0.15, -0.1) is 0 Å². The quantitative estimate of drug-likeness (QED) is 0.576. The molecule has 0 heterocycles. The molecule has 0 radical (unpaired) electrons. The van der Waals surface area contributed by atoms with Gasteiger partial charge in [-0.05, 0) is 22.8 Å². The Labute approximate surface area is 93.9 Å². The van der Waals surface area contributed by atoms with Gasteiger partial charge in [-0.2, -0.15) is 0 Å².